The van der Waals surface area contributed by atoms with Crippen molar-refractivity contribution in [2.45, 2.75) is 24.9 Å². The number of aryl methyl sites for hydroxylation is 1. The molecular formula is C12H14N6O2S. The van der Waals surface area contributed by atoms with Crippen LogP contribution >= 0.6 is 0 Å². The van der Waals surface area contributed by atoms with Crippen LogP contribution in [0.1, 0.15) is 13.3 Å². The van der Waals surface area contributed by atoms with Gasteiger partial charge in [0.15, 0.2) is 10.7 Å². The number of fused-ring (bicyclic) bond motifs is 1. The topological polar surface area (TPSA) is 106 Å². The number of hydrogen-bond donors (Lipinski definition) is 2. The Kier molecular flexibility index (Phi) is 3.34. The van der Waals surface area contributed by atoms with Crippen LogP contribution in [0.3, 0.4) is 0 Å². The molecule has 0 amide bonds. The third-order valence-electron chi connectivity index (χ3n) is 2.90. The van der Waals surface area contributed by atoms with Gasteiger partial charge in [-0.1, -0.05) is 6.92 Å². The molecule has 0 saturated carbocycles. The summed E-state index contributed by atoms with van der Waals surface area (Å²) in [6, 6.07) is 3.32. The first kappa shape index (κ1) is 13.6. The van der Waals surface area contributed by atoms with Crippen LogP contribution in [-0.4, -0.2) is 33.4 Å². The monoisotopic (exact) mass is 306 g/mol. The molecule has 9 heteroatoms. The van der Waals surface area contributed by atoms with Crippen LogP contribution in [0.4, 0.5) is 5.69 Å². The summed E-state index contributed by atoms with van der Waals surface area (Å²) in [6.45, 7) is 2.76. The number of aromatic amines is 1. The fourth-order valence-corrected chi connectivity index (χ4v) is 3.14. The first-order valence-corrected chi connectivity index (χ1v) is 7.93. The maximum absolute atomic E-state index is 12.4. The Balaban J connectivity index is 1.92. The SMILES string of the molecule is CCCn1cc(NS(=O)(=O)c2[nH]nc3ncccc23)cn1. The number of rotatable bonds is 5. The van der Waals surface area contributed by atoms with Gasteiger partial charge < -0.3 is 0 Å². The highest BCUT2D eigenvalue weighted by Crippen LogP contribution is 2.20. The summed E-state index contributed by atoms with van der Waals surface area (Å²) in [4.78, 5) is 4.00. The van der Waals surface area contributed by atoms with E-state index in [1.807, 2.05) is 6.92 Å². The minimum atomic E-state index is -3.76. The number of H-pyrrole nitrogens is 1. The van der Waals surface area contributed by atoms with Crippen LogP contribution < -0.4 is 4.72 Å². The lowest BCUT2D eigenvalue weighted by Gasteiger charge is -2.03. The second-order valence-corrected chi connectivity index (χ2v) is 6.14. The lowest BCUT2D eigenvalue weighted by atomic mass is 10.4. The molecule has 3 aromatic heterocycles. The van der Waals surface area contributed by atoms with Crippen molar-refractivity contribution in [3.05, 3.63) is 30.7 Å². The minimum absolute atomic E-state index is 0.00570. The molecule has 0 spiro atoms. The summed E-state index contributed by atoms with van der Waals surface area (Å²) in [5.41, 5.74) is 0.773. The van der Waals surface area contributed by atoms with Crippen molar-refractivity contribution in [3.8, 4) is 0 Å². The van der Waals surface area contributed by atoms with E-state index in [1.54, 1.807) is 29.2 Å². The molecular weight excluding hydrogens is 292 g/mol. The molecule has 21 heavy (non-hydrogen) atoms. The molecule has 0 saturated heterocycles. The first-order chi connectivity index (χ1) is 10.1. The number of anilines is 1. The highest BCUT2D eigenvalue weighted by molar-refractivity contribution is 7.92. The summed E-state index contributed by atoms with van der Waals surface area (Å²) in [7, 11) is -3.76. The fraction of sp³-hybridized carbons (Fsp3) is 0.250. The van der Waals surface area contributed by atoms with Crippen molar-refractivity contribution < 1.29 is 8.42 Å². The second kappa shape index (κ2) is 5.17. The van der Waals surface area contributed by atoms with E-state index in [0.717, 1.165) is 13.0 Å². The molecule has 0 fully saturated rings. The molecule has 0 aliphatic heterocycles. The van der Waals surface area contributed by atoms with Crippen LogP contribution in [-0.2, 0) is 16.6 Å². The highest BCUT2D eigenvalue weighted by atomic mass is 32.2. The third kappa shape index (κ3) is 2.59. The largest absolute Gasteiger partial charge is 0.279 e. The number of aromatic nitrogens is 5. The van der Waals surface area contributed by atoms with Crippen LogP contribution in [0.15, 0.2) is 35.7 Å². The zero-order chi connectivity index (χ0) is 14.9. The molecule has 3 aromatic rings. The number of nitrogens with zero attached hydrogens (tertiary/aromatic N) is 4. The van der Waals surface area contributed by atoms with Gasteiger partial charge in [-0.3, -0.25) is 14.5 Å². The Morgan fingerprint density at radius 3 is 3.10 bits per heavy atom. The average Bonchev–Trinajstić information content (AvgIpc) is 3.05. The number of hydrogen-bond acceptors (Lipinski definition) is 5. The molecule has 2 N–H and O–H groups in total. The maximum Gasteiger partial charge on any atom is 0.279 e. The van der Waals surface area contributed by atoms with E-state index < -0.39 is 10.0 Å². The van der Waals surface area contributed by atoms with Crippen molar-refractivity contribution in [2.75, 3.05) is 4.72 Å². The Morgan fingerprint density at radius 1 is 1.43 bits per heavy atom. The smallest absolute Gasteiger partial charge is 0.275 e. The zero-order valence-electron chi connectivity index (χ0n) is 11.3. The number of nitrogens with one attached hydrogen (secondary N) is 2. The van der Waals surface area contributed by atoms with E-state index in [4.69, 9.17) is 0 Å². The van der Waals surface area contributed by atoms with Crippen LogP contribution in [0, 0.1) is 0 Å². The van der Waals surface area contributed by atoms with E-state index in [2.05, 4.69) is 25.0 Å². The van der Waals surface area contributed by atoms with Crippen molar-refractivity contribution >= 4 is 26.7 Å². The summed E-state index contributed by atoms with van der Waals surface area (Å²) in [5.74, 6) is 0. The first-order valence-electron chi connectivity index (χ1n) is 6.44. The predicted octanol–water partition coefficient (Wildman–Crippen LogP) is 1.37. The summed E-state index contributed by atoms with van der Waals surface area (Å²) in [5, 5.41) is 10.9. The van der Waals surface area contributed by atoms with Gasteiger partial charge in [0.05, 0.1) is 17.3 Å². The molecule has 8 nitrogen and oxygen atoms in total. The zero-order valence-corrected chi connectivity index (χ0v) is 12.1. The molecule has 0 atom stereocenters. The van der Waals surface area contributed by atoms with Gasteiger partial charge in [0.1, 0.15) is 0 Å². The van der Waals surface area contributed by atoms with E-state index >= 15 is 0 Å². The maximum atomic E-state index is 12.4. The molecule has 0 aromatic carbocycles. The van der Waals surface area contributed by atoms with Gasteiger partial charge in [-0.25, -0.2) is 4.98 Å². The van der Waals surface area contributed by atoms with Gasteiger partial charge >= 0.3 is 0 Å². The molecule has 3 heterocycles. The molecule has 0 radical (unpaired) electrons. The molecule has 110 valence electrons. The minimum Gasteiger partial charge on any atom is -0.275 e. The summed E-state index contributed by atoms with van der Waals surface area (Å²) < 4.78 is 29.0. The van der Waals surface area contributed by atoms with Crippen LogP contribution in [0.25, 0.3) is 11.0 Å². The second-order valence-electron chi connectivity index (χ2n) is 4.52. The van der Waals surface area contributed by atoms with Gasteiger partial charge in [0.2, 0.25) is 0 Å². The van der Waals surface area contributed by atoms with Gasteiger partial charge in [0.25, 0.3) is 10.0 Å². The highest BCUT2D eigenvalue weighted by Gasteiger charge is 2.21. The summed E-state index contributed by atoms with van der Waals surface area (Å²) >= 11 is 0. The van der Waals surface area contributed by atoms with Crippen molar-refractivity contribution in [1.82, 2.24) is 25.0 Å². The lowest BCUT2D eigenvalue weighted by Crippen LogP contribution is -2.13. The summed E-state index contributed by atoms with van der Waals surface area (Å²) in [6.07, 6.45) is 5.61. The van der Waals surface area contributed by atoms with E-state index in [0.29, 0.717) is 16.7 Å². The normalized spacial score (nSPS) is 11.9. The Bertz CT molecular complexity index is 867. The average molecular weight is 306 g/mol. The Morgan fingerprint density at radius 2 is 2.29 bits per heavy atom. The Labute approximate surface area is 121 Å². The number of sulfonamides is 1. The van der Waals surface area contributed by atoms with Gasteiger partial charge in [0, 0.05) is 18.9 Å². The standard InChI is InChI=1S/C12H14N6O2S/c1-2-6-18-8-9(7-14-18)17-21(19,20)12-10-4-3-5-13-11(10)15-16-12/h3-5,7-8,17H,2,6H2,1H3,(H,13,15,16). The third-order valence-corrected chi connectivity index (χ3v) is 4.25. The molecule has 3 rings (SSSR count). The fourth-order valence-electron chi connectivity index (χ4n) is 2.01. The van der Waals surface area contributed by atoms with Crippen LogP contribution in [0.5, 0.6) is 0 Å². The van der Waals surface area contributed by atoms with Gasteiger partial charge in [-0.15, -0.1) is 0 Å². The van der Waals surface area contributed by atoms with Crippen molar-refractivity contribution in [2.24, 2.45) is 0 Å². The predicted molar refractivity (Wildman–Crippen MR) is 77.2 cm³/mol. The molecule has 0 aliphatic rings. The lowest BCUT2D eigenvalue weighted by molar-refractivity contribution is 0.597. The Hall–Kier alpha value is -2.42. The number of pyridine rings is 1. The van der Waals surface area contributed by atoms with Crippen molar-refractivity contribution in [1.29, 1.82) is 0 Å². The van der Waals surface area contributed by atoms with E-state index in [-0.39, 0.29) is 5.03 Å². The molecule has 0 bridgehead atoms. The van der Waals surface area contributed by atoms with Crippen LogP contribution in [0.2, 0.25) is 0 Å². The molecule has 0 unspecified atom stereocenters. The quantitative estimate of drug-likeness (QED) is 0.740. The van der Waals surface area contributed by atoms with E-state index in [1.165, 1.54) is 6.20 Å². The van der Waals surface area contributed by atoms with Gasteiger partial charge in [-0.2, -0.15) is 18.6 Å². The van der Waals surface area contributed by atoms with Gasteiger partial charge in [-0.05, 0) is 18.6 Å². The van der Waals surface area contributed by atoms with E-state index in [9.17, 15) is 8.42 Å². The van der Waals surface area contributed by atoms with Crippen molar-refractivity contribution in [3.63, 3.8) is 0 Å². The molecule has 0 aliphatic carbocycles.